The molecule has 0 aromatic heterocycles. The predicted octanol–water partition coefficient (Wildman–Crippen LogP) is 17.2. The van der Waals surface area contributed by atoms with Crippen LogP contribution in [0.25, 0.3) is 0 Å². The van der Waals surface area contributed by atoms with Gasteiger partial charge in [0.05, 0.1) is 18.3 Å². The normalized spacial score (nSPS) is 20.6. The van der Waals surface area contributed by atoms with E-state index >= 15 is 0 Å². The Balaban J connectivity index is -0.0000000796. The van der Waals surface area contributed by atoms with Gasteiger partial charge in [0.15, 0.2) is 0 Å². The van der Waals surface area contributed by atoms with E-state index in [1.165, 1.54) is 44.9 Å². The van der Waals surface area contributed by atoms with Crippen LogP contribution >= 0.6 is 0 Å². The molecular weight excluding hydrogens is 1280 g/mol. The fourth-order valence-electron chi connectivity index (χ4n) is 7.61. The number of rotatable bonds is 18. The fourth-order valence-corrected chi connectivity index (χ4v) is 7.61. The van der Waals surface area contributed by atoms with Crippen LogP contribution in [0.4, 0.5) is 0 Å². The van der Waals surface area contributed by atoms with Gasteiger partial charge in [-0.25, -0.2) is 0 Å². The van der Waals surface area contributed by atoms with Crippen LogP contribution in [0, 0.1) is 60.2 Å². The Hall–Kier alpha value is -0.433. The van der Waals surface area contributed by atoms with Gasteiger partial charge in [-0.05, 0) is 121 Å². The molecule has 75 heavy (non-hydrogen) atoms. The van der Waals surface area contributed by atoms with E-state index in [9.17, 15) is 24.0 Å². The van der Waals surface area contributed by atoms with Crippen LogP contribution in [0.3, 0.4) is 0 Å². The molecule has 10 unspecified atom stereocenters. The molecule has 3 aliphatic rings. The van der Waals surface area contributed by atoms with Gasteiger partial charge in [-0.15, -0.1) is 5.92 Å². The standard InChI is InChI=1S/2C10H18O.C8H13O.2C8H18O.C6H14.C5H12O.2C3H6O.C2H6O.CH4.2W/c2*1-3-8-6-5-7-9(4-2)10(8)11;1-6-4-3-5-7(2)8(6)9;2*1-4-7(3)6-8(9)5-2;1-4-6(3)5-2;1-3-5(6)4-2;2*1-2-3-4;1-2-3;;;/h2*8-9H,3-7H2,1-2H3;6-7H,1,3-5H2,2H3;2*7-9H,4-6H2,1-3H3;6H,4-5H2,1-3H3;5-6H,3-4H2,1-2H3;2*3H,2H2,1H3;3H,2H2,1H3;1H4;;/q;;-1;;;;;;;;;;. The van der Waals surface area contributed by atoms with E-state index in [1.807, 2.05) is 48.5 Å². The SMILES string of the molecule is C.CCC(C)CC.CCC(C)CC(O)CC.CCC(C)CC(O)CC.CCC(O)CC.CCC1CCCC(CC)C1=O.CCC1CCCC(CC)C1=O.CCC=O.CCC=O.CCO.[CH2-]C1CCCC(C)C1=O.[W].[W]. The molecule has 0 aromatic carbocycles. The summed E-state index contributed by atoms with van der Waals surface area (Å²) in [6, 6.07) is 0. The Morgan fingerprint density at radius 3 is 0.840 bits per heavy atom. The minimum absolute atomic E-state index is 0. The van der Waals surface area contributed by atoms with Crippen molar-refractivity contribution in [3.63, 3.8) is 0 Å². The molecular formula is C64H133O9W2-. The topological polar surface area (TPSA) is 166 Å². The molecule has 3 aliphatic carbocycles. The van der Waals surface area contributed by atoms with Crippen molar-refractivity contribution in [3.8, 4) is 0 Å². The van der Waals surface area contributed by atoms with Crippen molar-refractivity contribution in [2.75, 3.05) is 6.61 Å². The van der Waals surface area contributed by atoms with Gasteiger partial charge < -0.3 is 41.7 Å². The summed E-state index contributed by atoms with van der Waals surface area (Å²) in [4.78, 5) is 52.6. The second-order valence-electron chi connectivity index (χ2n) is 20.5. The summed E-state index contributed by atoms with van der Waals surface area (Å²) in [6.45, 7) is 43.3. The van der Waals surface area contributed by atoms with E-state index in [2.05, 4.69) is 83.1 Å². The molecule has 0 amide bonds. The third kappa shape index (κ3) is 66.0. The summed E-state index contributed by atoms with van der Waals surface area (Å²) >= 11 is 0. The second kappa shape index (κ2) is 73.6. The monoisotopic (exact) mass is 1410 g/mol. The van der Waals surface area contributed by atoms with Gasteiger partial charge >= 0.3 is 0 Å². The zero-order valence-electron chi connectivity index (χ0n) is 52.3. The summed E-state index contributed by atoms with van der Waals surface area (Å²) in [5.74, 6) is 5.70. The van der Waals surface area contributed by atoms with Crippen LogP contribution < -0.4 is 0 Å². The van der Waals surface area contributed by atoms with Crippen molar-refractivity contribution >= 4 is 29.9 Å². The van der Waals surface area contributed by atoms with Gasteiger partial charge in [0.1, 0.15) is 29.9 Å². The molecule has 0 saturated heterocycles. The van der Waals surface area contributed by atoms with Crippen molar-refractivity contribution in [2.45, 2.75) is 318 Å². The number of carbonyl (C=O) groups excluding carboxylic acids is 5. The van der Waals surface area contributed by atoms with E-state index in [0.717, 1.165) is 121 Å². The van der Waals surface area contributed by atoms with Gasteiger partial charge in [0.25, 0.3) is 0 Å². The van der Waals surface area contributed by atoms with E-state index in [4.69, 9.17) is 20.4 Å². The molecule has 3 fully saturated rings. The molecule has 11 heteroatoms. The van der Waals surface area contributed by atoms with Gasteiger partial charge in [-0.2, -0.15) is 0 Å². The van der Waals surface area contributed by atoms with Gasteiger partial charge in [0.2, 0.25) is 0 Å². The number of carbonyl (C=O) groups is 5. The molecule has 0 radical (unpaired) electrons. The molecule has 0 spiro atoms. The molecule has 0 aliphatic heterocycles. The summed E-state index contributed by atoms with van der Waals surface area (Å²) < 4.78 is 0. The fraction of sp³-hybridized carbons (Fsp3) is 0.906. The minimum atomic E-state index is -0.0695. The number of aldehydes is 2. The molecule has 10 atom stereocenters. The number of aliphatic hydroxyl groups is 4. The number of ketones is 3. The van der Waals surface area contributed by atoms with Crippen molar-refractivity contribution < 1.29 is 86.5 Å². The quantitative estimate of drug-likeness (QED) is 0.0772. The second-order valence-corrected chi connectivity index (χ2v) is 20.5. The maximum absolute atomic E-state index is 11.6. The summed E-state index contributed by atoms with van der Waals surface area (Å²) in [5.41, 5.74) is 0. The maximum atomic E-state index is 11.6. The van der Waals surface area contributed by atoms with Crippen molar-refractivity contribution in [1.82, 2.24) is 0 Å². The molecule has 456 valence electrons. The van der Waals surface area contributed by atoms with Crippen molar-refractivity contribution in [2.24, 2.45) is 53.3 Å². The summed E-state index contributed by atoms with van der Waals surface area (Å²) in [5, 5.41) is 34.6. The van der Waals surface area contributed by atoms with E-state index in [0.29, 0.717) is 65.7 Å². The van der Waals surface area contributed by atoms with Crippen LogP contribution in [0.15, 0.2) is 0 Å². The Labute approximate surface area is 498 Å². The first kappa shape index (κ1) is 96.8. The van der Waals surface area contributed by atoms with Crippen LogP contribution in [0.1, 0.15) is 299 Å². The van der Waals surface area contributed by atoms with Crippen LogP contribution in [0.5, 0.6) is 0 Å². The zero-order chi connectivity index (χ0) is 57.5. The third-order valence-corrected chi connectivity index (χ3v) is 14.2. The van der Waals surface area contributed by atoms with E-state index < -0.39 is 0 Å². The van der Waals surface area contributed by atoms with E-state index in [1.54, 1.807) is 6.92 Å². The molecule has 0 heterocycles. The molecule has 3 rings (SSSR count). The number of hydrogen-bond donors (Lipinski definition) is 4. The molecule has 9 nitrogen and oxygen atoms in total. The molecule has 4 N–H and O–H groups in total. The minimum Gasteiger partial charge on any atom is -0.397 e. The predicted molar refractivity (Wildman–Crippen MR) is 319 cm³/mol. The van der Waals surface area contributed by atoms with Gasteiger partial charge in [-0.3, -0.25) is 9.59 Å². The van der Waals surface area contributed by atoms with Gasteiger partial charge in [-0.1, -0.05) is 183 Å². The Kier molecular flexibility index (Phi) is 95.0. The Bertz CT molecular complexity index is 1010. The Morgan fingerprint density at radius 1 is 0.453 bits per heavy atom. The third-order valence-electron chi connectivity index (χ3n) is 14.2. The largest absolute Gasteiger partial charge is 0.397 e. The number of Topliss-reactive ketones (excluding diaryl/α,β-unsaturated/α-hetero) is 3. The average Bonchev–Trinajstić information content (AvgIpc) is 3.40. The Morgan fingerprint density at radius 2 is 0.693 bits per heavy atom. The zero-order valence-corrected chi connectivity index (χ0v) is 58.2. The average molecular weight is 1410 g/mol. The summed E-state index contributed by atoms with van der Waals surface area (Å²) in [7, 11) is 0. The molecule has 3 saturated carbocycles. The molecule has 0 aromatic rings. The first-order valence-electron chi connectivity index (χ1n) is 30.0. The van der Waals surface area contributed by atoms with E-state index in [-0.39, 0.29) is 86.3 Å². The van der Waals surface area contributed by atoms with Crippen molar-refractivity contribution in [1.29, 1.82) is 0 Å². The maximum Gasteiger partial charge on any atom is 0.139 e. The molecule has 0 bridgehead atoms. The van der Waals surface area contributed by atoms with Crippen LogP contribution in [-0.4, -0.2) is 75.3 Å². The number of hydrogen-bond acceptors (Lipinski definition) is 9. The first-order chi connectivity index (χ1) is 34.1. The van der Waals surface area contributed by atoms with Crippen molar-refractivity contribution in [3.05, 3.63) is 6.92 Å². The van der Waals surface area contributed by atoms with Crippen LogP contribution in [0.2, 0.25) is 0 Å². The first-order valence-corrected chi connectivity index (χ1v) is 30.0. The smallest absolute Gasteiger partial charge is 0.139 e. The van der Waals surface area contributed by atoms with Gasteiger partial charge in [0, 0.05) is 91.2 Å². The number of aliphatic hydroxyl groups excluding tert-OH is 4. The summed E-state index contributed by atoms with van der Waals surface area (Å²) in [6.07, 6.45) is 27.9. The van der Waals surface area contributed by atoms with Crippen LogP contribution in [-0.2, 0) is 66.1 Å².